The van der Waals surface area contributed by atoms with E-state index < -0.39 is 0 Å². The molecule has 0 bridgehead atoms. The lowest BCUT2D eigenvalue weighted by Gasteiger charge is -2.17. The molecule has 4 aromatic carbocycles. The van der Waals surface area contributed by atoms with Crippen LogP contribution in [0.3, 0.4) is 0 Å². The number of rotatable bonds is 16. The van der Waals surface area contributed by atoms with Gasteiger partial charge in [-0.2, -0.15) is 0 Å². The van der Waals surface area contributed by atoms with E-state index in [2.05, 4.69) is 42.5 Å². The van der Waals surface area contributed by atoms with Crippen LogP contribution in [0.25, 0.3) is 34.4 Å². The molecule has 0 unspecified atom stereocenters. The van der Waals surface area contributed by atoms with Gasteiger partial charge in [0.05, 0.1) is 10.0 Å². The normalized spacial score (nSPS) is 14.4. The van der Waals surface area contributed by atoms with Gasteiger partial charge in [-0.1, -0.05) is 115 Å². The van der Waals surface area contributed by atoms with E-state index in [-0.39, 0.29) is 23.6 Å². The summed E-state index contributed by atoms with van der Waals surface area (Å²) < 4.78 is 1.70. The smallest absolute Gasteiger partial charge is 0.244 e. The fraction of sp³-hybridized carbons (Fsp3) is 0.273. The van der Waals surface area contributed by atoms with Crippen LogP contribution in [-0.2, 0) is 19.2 Å². The molecule has 0 aromatic heterocycles. The average molecular weight is 954 g/mol. The molecule has 8 nitrogen and oxygen atoms in total. The predicted octanol–water partition coefficient (Wildman–Crippen LogP) is 10.3. The van der Waals surface area contributed by atoms with E-state index in [1.54, 1.807) is 12.2 Å². The van der Waals surface area contributed by atoms with Gasteiger partial charge in [0.15, 0.2) is 0 Å². The van der Waals surface area contributed by atoms with E-state index in [1.807, 2.05) is 82.6 Å². The Labute approximate surface area is 364 Å². The van der Waals surface area contributed by atoms with Crippen LogP contribution < -0.4 is 10.6 Å². The lowest BCUT2D eigenvalue weighted by Crippen LogP contribution is -2.29. The van der Waals surface area contributed by atoms with Crippen molar-refractivity contribution in [2.45, 2.75) is 48.3 Å². The van der Waals surface area contributed by atoms with Crippen LogP contribution >= 0.6 is 66.8 Å². The standard InChI is InChI=1S/C44H42Br2Cl2N4O4S/c45-33-11-3-1-9-31(33)41-29(17-21-37(53)49-23-7-27-51-25-5-13-39(51)55)15-19-35(43(41)47)57-36-20-16-30(42(44(36)48)32-10-2-4-12-34(32)46)18-22-38(54)50-24-8-28-52-26-6-14-40(52)56/h1-4,9-12,15-22H,5-8,13-14,23-28H2,(H,49,53)(H,50,54)/b21-17+,22-18+. The van der Waals surface area contributed by atoms with Gasteiger partial charge in [-0.15, -0.1) is 0 Å². The number of benzene rings is 4. The Balaban J connectivity index is 1.22. The first-order chi connectivity index (χ1) is 27.6. The third-order valence-corrected chi connectivity index (χ3v) is 13.3. The van der Waals surface area contributed by atoms with Crippen molar-refractivity contribution < 1.29 is 19.2 Å². The largest absolute Gasteiger partial charge is 0.352 e. The monoisotopic (exact) mass is 950 g/mol. The summed E-state index contributed by atoms with van der Waals surface area (Å²) in [7, 11) is 0. The summed E-state index contributed by atoms with van der Waals surface area (Å²) in [6.45, 7) is 3.78. The fourth-order valence-corrected chi connectivity index (χ4v) is 9.50. The molecule has 2 heterocycles. The van der Waals surface area contributed by atoms with Crippen molar-refractivity contribution in [1.82, 2.24) is 20.4 Å². The van der Waals surface area contributed by atoms with Crippen LogP contribution in [0.4, 0.5) is 0 Å². The molecule has 6 rings (SSSR count). The molecule has 0 spiro atoms. The molecule has 0 radical (unpaired) electrons. The zero-order chi connectivity index (χ0) is 40.3. The summed E-state index contributed by atoms with van der Waals surface area (Å²) in [5, 5.41) is 6.85. The van der Waals surface area contributed by atoms with E-state index in [1.165, 1.54) is 23.9 Å². The summed E-state index contributed by atoms with van der Waals surface area (Å²) in [6, 6.07) is 23.3. The number of hydrogen-bond donors (Lipinski definition) is 2. The molecule has 2 fully saturated rings. The van der Waals surface area contributed by atoms with Gasteiger partial charge in [0.25, 0.3) is 0 Å². The van der Waals surface area contributed by atoms with Crippen molar-refractivity contribution in [2.75, 3.05) is 39.3 Å². The molecular formula is C44H42Br2Cl2N4O4S. The highest BCUT2D eigenvalue weighted by Crippen LogP contribution is 2.48. The molecule has 57 heavy (non-hydrogen) atoms. The maximum absolute atomic E-state index is 12.8. The third kappa shape index (κ3) is 11.2. The molecule has 0 aliphatic carbocycles. The van der Waals surface area contributed by atoms with E-state index in [9.17, 15) is 19.2 Å². The van der Waals surface area contributed by atoms with Gasteiger partial charge in [-0.25, -0.2) is 0 Å². The van der Waals surface area contributed by atoms with Crippen molar-refractivity contribution in [2.24, 2.45) is 0 Å². The van der Waals surface area contributed by atoms with Gasteiger partial charge < -0.3 is 20.4 Å². The molecule has 0 atom stereocenters. The van der Waals surface area contributed by atoms with Crippen LogP contribution in [0, 0.1) is 0 Å². The zero-order valence-corrected chi connectivity index (χ0v) is 36.7. The van der Waals surface area contributed by atoms with E-state index >= 15 is 0 Å². The van der Waals surface area contributed by atoms with Crippen molar-refractivity contribution in [3.05, 3.63) is 115 Å². The lowest BCUT2D eigenvalue weighted by molar-refractivity contribution is -0.128. The van der Waals surface area contributed by atoms with Gasteiger partial charge in [0, 0.05) is 94.1 Å². The number of likely N-dealkylation sites (tertiary alicyclic amines) is 2. The highest BCUT2D eigenvalue weighted by Gasteiger charge is 2.22. The topological polar surface area (TPSA) is 98.8 Å². The SMILES string of the molecule is O=C(/C=C/c1ccc(Sc2ccc(/C=C/C(=O)NCCCN3CCCC3=O)c(-c3ccccc3Br)c2Cl)c(Cl)c1-c1ccccc1Br)NCCCN1CCCC1=O. The fourth-order valence-electron chi connectivity index (χ4n) is 6.87. The summed E-state index contributed by atoms with van der Waals surface area (Å²) in [5.74, 6) is -0.109. The summed E-state index contributed by atoms with van der Waals surface area (Å²) in [4.78, 5) is 54.7. The van der Waals surface area contributed by atoms with E-state index in [4.69, 9.17) is 23.2 Å². The van der Waals surface area contributed by atoms with Gasteiger partial charge in [0.2, 0.25) is 23.6 Å². The van der Waals surface area contributed by atoms with Crippen molar-refractivity contribution >= 4 is 103 Å². The number of amides is 4. The van der Waals surface area contributed by atoms with Crippen LogP contribution in [0.15, 0.2) is 104 Å². The second-order valence-corrected chi connectivity index (χ2v) is 17.2. The quantitative estimate of drug-likeness (QED) is 0.0861. The molecule has 4 amide bonds. The van der Waals surface area contributed by atoms with Crippen LogP contribution in [0.1, 0.15) is 49.7 Å². The van der Waals surface area contributed by atoms with Crippen LogP contribution in [0.2, 0.25) is 10.0 Å². The maximum atomic E-state index is 12.8. The second-order valence-electron chi connectivity index (χ2n) is 13.7. The Morgan fingerprint density at radius 2 is 1.07 bits per heavy atom. The number of nitrogens with one attached hydrogen (secondary N) is 2. The third-order valence-electron chi connectivity index (χ3n) is 9.76. The highest BCUT2D eigenvalue weighted by molar-refractivity contribution is 9.11. The minimum Gasteiger partial charge on any atom is -0.352 e. The van der Waals surface area contributed by atoms with E-state index in [0.717, 1.165) is 78.0 Å². The first-order valence-corrected chi connectivity index (χ1v) is 22.1. The Bertz CT molecular complexity index is 2060. The average Bonchev–Trinajstić information content (AvgIpc) is 3.82. The highest BCUT2D eigenvalue weighted by atomic mass is 79.9. The number of carbonyl (C=O) groups excluding carboxylic acids is 4. The van der Waals surface area contributed by atoms with Crippen molar-refractivity contribution in [3.8, 4) is 22.3 Å². The van der Waals surface area contributed by atoms with Gasteiger partial charge in [-0.05, 0) is 84.4 Å². The Morgan fingerprint density at radius 1 is 0.649 bits per heavy atom. The molecule has 2 aliphatic heterocycles. The number of nitrogens with zero attached hydrogens (tertiary/aromatic N) is 2. The molecule has 0 saturated carbocycles. The summed E-state index contributed by atoms with van der Waals surface area (Å²) in [6.07, 6.45) is 10.9. The summed E-state index contributed by atoms with van der Waals surface area (Å²) >= 11 is 23.4. The summed E-state index contributed by atoms with van der Waals surface area (Å²) in [5.41, 5.74) is 4.76. The van der Waals surface area contributed by atoms with Crippen LogP contribution in [0.5, 0.6) is 0 Å². The molecular weight excluding hydrogens is 911 g/mol. The van der Waals surface area contributed by atoms with Gasteiger partial charge in [0.1, 0.15) is 0 Å². The second kappa shape index (κ2) is 20.7. The van der Waals surface area contributed by atoms with Gasteiger partial charge in [-0.3, -0.25) is 19.2 Å². The number of carbonyl (C=O) groups is 4. The molecule has 4 aromatic rings. The lowest BCUT2D eigenvalue weighted by atomic mass is 9.99. The minimum absolute atomic E-state index is 0.178. The minimum atomic E-state index is -0.233. The Hall–Kier alpha value is -3.87. The number of hydrogen-bond acceptors (Lipinski definition) is 5. The first kappa shape index (κ1) is 42.7. The molecule has 13 heteroatoms. The first-order valence-electron chi connectivity index (χ1n) is 18.9. The predicted molar refractivity (Wildman–Crippen MR) is 238 cm³/mol. The van der Waals surface area contributed by atoms with Crippen LogP contribution in [-0.4, -0.2) is 72.7 Å². The van der Waals surface area contributed by atoms with Crippen molar-refractivity contribution in [3.63, 3.8) is 0 Å². The molecule has 2 saturated heterocycles. The number of halogens is 4. The Morgan fingerprint density at radius 3 is 1.46 bits per heavy atom. The molecule has 296 valence electrons. The van der Waals surface area contributed by atoms with Crippen molar-refractivity contribution in [1.29, 1.82) is 0 Å². The van der Waals surface area contributed by atoms with E-state index in [0.29, 0.717) is 61.9 Å². The molecule has 2 aliphatic rings. The molecule has 2 N–H and O–H groups in total. The van der Waals surface area contributed by atoms with Gasteiger partial charge >= 0.3 is 0 Å². The zero-order valence-electron chi connectivity index (χ0n) is 31.2. The maximum Gasteiger partial charge on any atom is 0.244 e. The Kier molecular flexibility index (Phi) is 15.5.